The number of H-pyrrole nitrogens is 1. The van der Waals surface area contributed by atoms with Gasteiger partial charge in [-0.15, -0.1) is 0 Å². The summed E-state index contributed by atoms with van der Waals surface area (Å²) in [6, 6.07) is 9.02. The maximum Gasteiger partial charge on any atom is 0.268 e. The van der Waals surface area contributed by atoms with E-state index in [4.69, 9.17) is 11.0 Å². The Balaban J connectivity index is 2.81. The Morgan fingerprint density at radius 1 is 1.29 bits per heavy atom. The highest BCUT2D eigenvalue weighted by molar-refractivity contribution is 5.72. The highest BCUT2D eigenvalue weighted by Gasteiger charge is 2.13. The Labute approximate surface area is 96.1 Å². The number of pyridine rings is 1. The molecule has 0 saturated carbocycles. The number of hydrogen-bond donors (Lipinski definition) is 2. The fourth-order valence-corrected chi connectivity index (χ4v) is 1.58. The number of hydrogen-bond acceptors (Lipinski definition) is 3. The molecule has 0 bridgehead atoms. The maximum atomic E-state index is 13.6. The minimum absolute atomic E-state index is 0.0900. The van der Waals surface area contributed by atoms with E-state index in [0.29, 0.717) is 0 Å². The van der Waals surface area contributed by atoms with Crippen molar-refractivity contribution in [1.82, 2.24) is 4.98 Å². The van der Waals surface area contributed by atoms with Crippen LogP contribution in [0.25, 0.3) is 11.1 Å². The molecule has 0 spiro atoms. The lowest BCUT2D eigenvalue weighted by Gasteiger charge is -2.05. The number of nitrogens with zero attached hydrogens (tertiary/aromatic N) is 1. The van der Waals surface area contributed by atoms with Gasteiger partial charge in [0.15, 0.2) is 0 Å². The molecule has 0 radical (unpaired) electrons. The summed E-state index contributed by atoms with van der Waals surface area (Å²) in [4.78, 5) is 13.8. The summed E-state index contributed by atoms with van der Waals surface area (Å²) >= 11 is 0. The number of rotatable bonds is 1. The minimum atomic E-state index is -0.620. The van der Waals surface area contributed by atoms with Crippen molar-refractivity contribution in [3.05, 3.63) is 52.1 Å². The summed E-state index contributed by atoms with van der Waals surface area (Å²) in [6.07, 6.45) is 0. The molecule has 3 N–H and O–H groups in total. The van der Waals surface area contributed by atoms with Gasteiger partial charge in [0.05, 0.1) is 0 Å². The van der Waals surface area contributed by atoms with Gasteiger partial charge in [0.1, 0.15) is 23.3 Å². The number of nitrogens with one attached hydrogen (secondary N) is 1. The zero-order chi connectivity index (χ0) is 12.4. The average Bonchev–Trinajstić information content (AvgIpc) is 2.28. The Bertz CT molecular complexity index is 670. The largest absolute Gasteiger partial charge is 0.385 e. The van der Waals surface area contributed by atoms with Crippen LogP contribution in [-0.4, -0.2) is 4.98 Å². The quantitative estimate of drug-likeness (QED) is 0.779. The zero-order valence-electron chi connectivity index (χ0n) is 8.70. The third kappa shape index (κ3) is 1.88. The molecule has 0 atom stereocenters. The van der Waals surface area contributed by atoms with Gasteiger partial charge in [-0.1, -0.05) is 18.2 Å². The van der Waals surface area contributed by atoms with E-state index in [-0.39, 0.29) is 22.5 Å². The van der Waals surface area contributed by atoms with Crippen molar-refractivity contribution in [1.29, 1.82) is 5.26 Å². The Morgan fingerprint density at radius 3 is 2.65 bits per heavy atom. The Kier molecular flexibility index (Phi) is 2.63. The number of nitrogen functional groups attached to an aromatic ring is 1. The van der Waals surface area contributed by atoms with E-state index in [2.05, 4.69) is 4.98 Å². The summed E-state index contributed by atoms with van der Waals surface area (Å²) in [5.41, 5.74) is 5.10. The molecule has 17 heavy (non-hydrogen) atoms. The predicted molar refractivity (Wildman–Crippen MR) is 61.6 cm³/mol. The highest BCUT2D eigenvalue weighted by Crippen LogP contribution is 2.24. The number of aromatic nitrogens is 1. The number of benzene rings is 1. The fraction of sp³-hybridized carbons (Fsp3) is 0. The molecule has 0 fully saturated rings. The minimum Gasteiger partial charge on any atom is -0.385 e. The van der Waals surface area contributed by atoms with Crippen LogP contribution < -0.4 is 11.3 Å². The van der Waals surface area contributed by atoms with E-state index in [1.807, 2.05) is 0 Å². The van der Waals surface area contributed by atoms with Gasteiger partial charge in [0.2, 0.25) is 0 Å². The van der Waals surface area contributed by atoms with E-state index in [1.165, 1.54) is 24.3 Å². The molecule has 0 aliphatic rings. The molecule has 4 nitrogen and oxygen atoms in total. The summed E-state index contributed by atoms with van der Waals surface area (Å²) < 4.78 is 13.6. The molecule has 0 aliphatic heterocycles. The van der Waals surface area contributed by atoms with E-state index in [9.17, 15) is 9.18 Å². The van der Waals surface area contributed by atoms with Crippen LogP contribution in [0.2, 0.25) is 0 Å². The van der Waals surface area contributed by atoms with Crippen LogP contribution >= 0.6 is 0 Å². The van der Waals surface area contributed by atoms with Gasteiger partial charge in [0, 0.05) is 11.1 Å². The van der Waals surface area contributed by atoms with Gasteiger partial charge in [-0.2, -0.15) is 5.26 Å². The fourth-order valence-electron chi connectivity index (χ4n) is 1.58. The molecule has 2 rings (SSSR count). The van der Waals surface area contributed by atoms with Crippen molar-refractivity contribution in [2.45, 2.75) is 0 Å². The van der Waals surface area contributed by atoms with Crippen molar-refractivity contribution < 1.29 is 4.39 Å². The molecule has 1 heterocycles. The standard InChI is InChI=1S/C12H8FN3O/c13-10-4-2-1-3-7(10)8-5-11(15)16-12(17)9(8)6-14/h1-5H,(H3,15,16,17). The van der Waals surface area contributed by atoms with Crippen LogP contribution in [0.5, 0.6) is 0 Å². The molecule has 0 aliphatic carbocycles. The second-order valence-corrected chi connectivity index (χ2v) is 3.43. The number of aromatic amines is 1. The number of nitriles is 1. The van der Waals surface area contributed by atoms with E-state index in [1.54, 1.807) is 12.1 Å². The molecule has 2 aromatic rings. The first-order valence-electron chi connectivity index (χ1n) is 4.81. The second-order valence-electron chi connectivity index (χ2n) is 3.43. The van der Waals surface area contributed by atoms with E-state index >= 15 is 0 Å². The third-order valence-electron chi connectivity index (χ3n) is 2.33. The molecular formula is C12H8FN3O. The van der Waals surface area contributed by atoms with Crippen molar-refractivity contribution in [3.63, 3.8) is 0 Å². The third-order valence-corrected chi connectivity index (χ3v) is 2.33. The van der Waals surface area contributed by atoms with Gasteiger partial charge >= 0.3 is 0 Å². The van der Waals surface area contributed by atoms with Gasteiger partial charge in [0.25, 0.3) is 5.56 Å². The monoisotopic (exact) mass is 229 g/mol. The van der Waals surface area contributed by atoms with E-state index in [0.717, 1.165) is 0 Å². The van der Waals surface area contributed by atoms with E-state index < -0.39 is 11.4 Å². The average molecular weight is 229 g/mol. The van der Waals surface area contributed by atoms with Crippen LogP contribution in [0, 0.1) is 17.1 Å². The summed E-state index contributed by atoms with van der Waals surface area (Å²) in [5, 5.41) is 8.91. The number of halogens is 1. The highest BCUT2D eigenvalue weighted by atomic mass is 19.1. The molecule has 0 saturated heterocycles. The maximum absolute atomic E-state index is 13.6. The van der Waals surface area contributed by atoms with Crippen molar-refractivity contribution in [3.8, 4) is 17.2 Å². The predicted octanol–water partition coefficient (Wildman–Crippen LogP) is 1.63. The normalized spacial score (nSPS) is 9.88. The van der Waals surface area contributed by atoms with Gasteiger partial charge in [-0.25, -0.2) is 4.39 Å². The molecule has 0 unspecified atom stereocenters. The second kappa shape index (κ2) is 4.10. The Hall–Kier alpha value is -2.61. The van der Waals surface area contributed by atoms with Crippen LogP contribution in [-0.2, 0) is 0 Å². The Morgan fingerprint density at radius 2 is 2.00 bits per heavy atom. The lowest BCUT2D eigenvalue weighted by Crippen LogP contribution is -2.13. The lowest BCUT2D eigenvalue weighted by molar-refractivity contribution is 0.631. The lowest BCUT2D eigenvalue weighted by atomic mass is 10.0. The summed E-state index contributed by atoms with van der Waals surface area (Å²) in [7, 11) is 0. The number of anilines is 1. The topological polar surface area (TPSA) is 82.7 Å². The molecule has 5 heteroatoms. The first-order valence-corrected chi connectivity index (χ1v) is 4.81. The molecule has 0 amide bonds. The molecular weight excluding hydrogens is 221 g/mol. The van der Waals surface area contributed by atoms with Crippen molar-refractivity contribution >= 4 is 5.82 Å². The van der Waals surface area contributed by atoms with Crippen molar-refractivity contribution in [2.75, 3.05) is 5.73 Å². The van der Waals surface area contributed by atoms with Crippen LogP contribution in [0.1, 0.15) is 5.56 Å². The SMILES string of the molecule is N#Cc1c(-c2ccccc2F)cc(N)[nH]c1=O. The molecule has 1 aromatic carbocycles. The zero-order valence-corrected chi connectivity index (χ0v) is 8.70. The summed E-state index contributed by atoms with van der Waals surface area (Å²) in [6.45, 7) is 0. The molecule has 1 aromatic heterocycles. The first-order chi connectivity index (χ1) is 8.13. The van der Waals surface area contributed by atoms with Gasteiger partial charge in [-0.3, -0.25) is 4.79 Å². The smallest absolute Gasteiger partial charge is 0.268 e. The van der Waals surface area contributed by atoms with Crippen molar-refractivity contribution in [2.24, 2.45) is 0 Å². The first kappa shape index (κ1) is 10.9. The van der Waals surface area contributed by atoms with Gasteiger partial charge in [-0.05, 0) is 12.1 Å². The molecule has 84 valence electrons. The van der Waals surface area contributed by atoms with Crippen LogP contribution in [0.4, 0.5) is 10.2 Å². The van der Waals surface area contributed by atoms with Crippen LogP contribution in [0.15, 0.2) is 35.1 Å². The van der Waals surface area contributed by atoms with Crippen LogP contribution in [0.3, 0.4) is 0 Å². The summed E-state index contributed by atoms with van der Waals surface area (Å²) in [5.74, 6) is -0.416. The van der Waals surface area contributed by atoms with Gasteiger partial charge < -0.3 is 10.7 Å². The number of nitrogens with two attached hydrogens (primary N) is 1.